The maximum Gasteiger partial charge on any atom is 0.228 e. The van der Waals surface area contributed by atoms with Crippen LogP contribution in [0.5, 0.6) is 17.2 Å². The van der Waals surface area contributed by atoms with E-state index < -0.39 is 0 Å². The van der Waals surface area contributed by atoms with Gasteiger partial charge in [0.15, 0.2) is 11.5 Å². The molecule has 0 aromatic heterocycles. The number of hydrogen-bond acceptors (Lipinski definition) is 4. The molecule has 3 rings (SSSR count). The second kappa shape index (κ2) is 6.39. The monoisotopic (exact) mass is 299 g/mol. The Hall–Kier alpha value is -2.69. The quantitative estimate of drug-likeness (QED) is 0.943. The number of methoxy groups -OCH3 is 1. The fourth-order valence-corrected chi connectivity index (χ4v) is 2.28. The molecule has 0 bridgehead atoms. The molecule has 1 N–H and O–H groups in total. The van der Waals surface area contributed by atoms with Gasteiger partial charge in [0, 0.05) is 11.8 Å². The fraction of sp³-hybridized carbons (Fsp3) is 0.235. The van der Waals surface area contributed by atoms with Gasteiger partial charge in [-0.25, -0.2) is 0 Å². The van der Waals surface area contributed by atoms with Crippen LogP contribution in [0.15, 0.2) is 48.5 Å². The molecule has 0 unspecified atom stereocenters. The number of rotatable bonds is 4. The number of hydrogen-bond donors (Lipinski definition) is 1. The number of carbonyl (C=O) groups excluding carboxylic acids is 1. The lowest BCUT2D eigenvalue weighted by Crippen LogP contribution is -2.33. The first-order valence-corrected chi connectivity index (χ1v) is 7.07. The summed E-state index contributed by atoms with van der Waals surface area (Å²) >= 11 is 0. The maximum atomic E-state index is 12.1. The van der Waals surface area contributed by atoms with Gasteiger partial charge in [0.2, 0.25) is 5.91 Å². The Balaban J connectivity index is 1.58. The second-order valence-corrected chi connectivity index (χ2v) is 4.98. The van der Waals surface area contributed by atoms with Gasteiger partial charge in [0.1, 0.15) is 18.5 Å². The molecule has 1 atom stereocenters. The van der Waals surface area contributed by atoms with Gasteiger partial charge in [-0.3, -0.25) is 4.79 Å². The van der Waals surface area contributed by atoms with E-state index in [0.29, 0.717) is 29.5 Å². The first kappa shape index (κ1) is 14.3. The highest BCUT2D eigenvalue weighted by molar-refractivity contribution is 5.91. The van der Waals surface area contributed by atoms with Crippen molar-refractivity contribution in [3.8, 4) is 17.2 Å². The summed E-state index contributed by atoms with van der Waals surface area (Å²) in [5.41, 5.74) is 0.696. The number of benzene rings is 2. The number of fused-ring (bicyclic) bond motifs is 1. The molecule has 0 fully saturated rings. The molecule has 114 valence electrons. The predicted molar refractivity (Wildman–Crippen MR) is 82.6 cm³/mol. The first-order valence-electron chi connectivity index (χ1n) is 7.07. The molecular weight excluding hydrogens is 282 g/mol. The molecule has 0 saturated heterocycles. The van der Waals surface area contributed by atoms with Crippen LogP contribution in [0.2, 0.25) is 0 Å². The van der Waals surface area contributed by atoms with Crippen LogP contribution in [0.1, 0.15) is 6.42 Å². The van der Waals surface area contributed by atoms with E-state index in [9.17, 15) is 4.79 Å². The molecule has 0 saturated carbocycles. The Kier molecular flexibility index (Phi) is 4.14. The summed E-state index contributed by atoms with van der Waals surface area (Å²) in [6.45, 7) is 0.364. The van der Waals surface area contributed by atoms with E-state index >= 15 is 0 Å². The van der Waals surface area contributed by atoms with E-state index in [-0.39, 0.29) is 18.4 Å². The van der Waals surface area contributed by atoms with Crippen LogP contribution < -0.4 is 19.5 Å². The Labute approximate surface area is 128 Å². The van der Waals surface area contributed by atoms with Gasteiger partial charge in [-0.1, -0.05) is 18.2 Å². The van der Waals surface area contributed by atoms with Crippen LogP contribution in [0.25, 0.3) is 0 Å². The SMILES string of the molecule is COc1cccc(NC(=O)C[C@H]2COc3ccccc3O2)c1. The molecular formula is C17H17NO4. The number of amides is 1. The van der Waals surface area contributed by atoms with Crippen molar-refractivity contribution in [1.29, 1.82) is 0 Å². The average Bonchev–Trinajstić information content (AvgIpc) is 2.55. The van der Waals surface area contributed by atoms with Gasteiger partial charge in [-0.15, -0.1) is 0 Å². The predicted octanol–water partition coefficient (Wildman–Crippen LogP) is 2.86. The highest BCUT2D eigenvalue weighted by Gasteiger charge is 2.23. The van der Waals surface area contributed by atoms with E-state index in [1.54, 1.807) is 13.2 Å². The number of nitrogens with one attached hydrogen (secondary N) is 1. The summed E-state index contributed by atoms with van der Waals surface area (Å²) in [6, 6.07) is 14.7. The van der Waals surface area contributed by atoms with Crippen LogP contribution in [0.4, 0.5) is 5.69 Å². The lowest BCUT2D eigenvalue weighted by Gasteiger charge is -2.26. The van der Waals surface area contributed by atoms with Crippen molar-refractivity contribution in [3.63, 3.8) is 0 Å². The van der Waals surface area contributed by atoms with Crippen molar-refractivity contribution in [3.05, 3.63) is 48.5 Å². The van der Waals surface area contributed by atoms with Crippen LogP contribution in [-0.4, -0.2) is 25.7 Å². The Morgan fingerprint density at radius 1 is 1.23 bits per heavy atom. The van der Waals surface area contributed by atoms with Crippen LogP contribution in [-0.2, 0) is 4.79 Å². The van der Waals surface area contributed by atoms with Gasteiger partial charge >= 0.3 is 0 Å². The minimum Gasteiger partial charge on any atom is -0.497 e. The molecule has 1 aliphatic rings. The third-order valence-corrected chi connectivity index (χ3v) is 3.33. The molecule has 2 aromatic carbocycles. The summed E-state index contributed by atoms with van der Waals surface area (Å²) < 4.78 is 16.5. The molecule has 0 spiro atoms. The van der Waals surface area contributed by atoms with Crippen molar-refractivity contribution < 1.29 is 19.0 Å². The third kappa shape index (κ3) is 3.31. The maximum absolute atomic E-state index is 12.1. The van der Waals surface area contributed by atoms with Crippen LogP contribution >= 0.6 is 0 Å². The minimum absolute atomic E-state index is 0.124. The van der Waals surface area contributed by atoms with Crippen LogP contribution in [0.3, 0.4) is 0 Å². The molecule has 1 heterocycles. The number of ether oxygens (including phenoxy) is 3. The van der Waals surface area contributed by atoms with E-state index in [4.69, 9.17) is 14.2 Å². The second-order valence-electron chi connectivity index (χ2n) is 4.98. The average molecular weight is 299 g/mol. The van der Waals surface area contributed by atoms with E-state index in [1.165, 1.54) is 0 Å². The summed E-state index contributed by atoms with van der Waals surface area (Å²) in [6.07, 6.45) is -0.0635. The molecule has 0 aliphatic carbocycles. The molecule has 5 nitrogen and oxygen atoms in total. The number of carbonyl (C=O) groups is 1. The molecule has 1 amide bonds. The third-order valence-electron chi connectivity index (χ3n) is 3.33. The summed E-state index contributed by atoms with van der Waals surface area (Å²) in [5, 5.41) is 2.83. The lowest BCUT2D eigenvalue weighted by molar-refractivity contribution is -0.118. The Bertz CT molecular complexity index is 671. The molecule has 22 heavy (non-hydrogen) atoms. The molecule has 2 aromatic rings. The smallest absolute Gasteiger partial charge is 0.228 e. The van der Waals surface area contributed by atoms with Crippen molar-refractivity contribution in [2.75, 3.05) is 19.0 Å². The van der Waals surface area contributed by atoms with Gasteiger partial charge in [-0.2, -0.15) is 0 Å². The molecule has 1 aliphatic heterocycles. The number of para-hydroxylation sites is 2. The fourth-order valence-electron chi connectivity index (χ4n) is 2.28. The van der Waals surface area contributed by atoms with Crippen LogP contribution in [0, 0.1) is 0 Å². The standard InChI is InChI=1S/C17H17NO4/c1-20-13-6-4-5-12(9-13)18-17(19)10-14-11-21-15-7-2-3-8-16(15)22-14/h2-9,14H,10-11H2,1H3,(H,18,19)/t14-/m0/s1. The van der Waals surface area contributed by atoms with Crippen molar-refractivity contribution >= 4 is 11.6 Å². The van der Waals surface area contributed by atoms with Gasteiger partial charge in [0.05, 0.1) is 13.5 Å². The van der Waals surface area contributed by atoms with Gasteiger partial charge in [-0.05, 0) is 24.3 Å². The summed E-state index contributed by atoms with van der Waals surface area (Å²) in [5.74, 6) is 1.96. The highest BCUT2D eigenvalue weighted by atomic mass is 16.6. The highest BCUT2D eigenvalue weighted by Crippen LogP contribution is 2.31. The zero-order chi connectivity index (χ0) is 15.4. The zero-order valence-electron chi connectivity index (χ0n) is 12.2. The zero-order valence-corrected chi connectivity index (χ0v) is 12.2. The van der Waals surface area contributed by atoms with E-state index in [1.807, 2.05) is 42.5 Å². The molecule has 0 radical (unpaired) electrons. The van der Waals surface area contributed by atoms with Crippen molar-refractivity contribution in [2.24, 2.45) is 0 Å². The lowest BCUT2D eigenvalue weighted by atomic mass is 10.2. The largest absolute Gasteiger partial charge is 0.497 e. The summed E-state index contributed by atoms with van der Waals surface area (Å²) in [4.78, 5) is 12.1. The Morgan fingerprint density at radius 2 is 2.05 bits per heavy atom. The minimum atomic E-state index is -0.291. The first-order chi connectivity index (χ1) is 10.7. The Morgan fingerprint density at radius 3 is 2.86 bits per heavy atom. The summed E-state index contributed by atoms with van der Waals surface area (Å²) in [7, 11) is 1.59. The van der Waals surface area contributed by atoms with E-state index in [0.717, 1.165) is 0 Å². The number of anilines is 1. The topological polar surface area (TPSA) is 56.8 Å². The van der Waals surface area contributed by atoms with Crippen molar-refractivity contribution in [1.82, 2.24) is 0 Å². The van der Waals surface area contributed by atoms with Crippen molar-refractivity contribution in [2.45, 2.75) is 12.5 Å². The van der Waals surface area contributed by atoms with E-state index in [2.05, 4.69) is 5.32 Å². The molecule has 5 heteroatoms. The van der Waals surface area contributed by atoms with Gasteiger partial charge in [0.25, 0.3) is 0 Å². The van der Waals surface area contributed by atoms with Gasteiger partial charge < -0.3 is 19.5 Å². The normalized spacial score (nSPS) is 16.0.